The van der Waals surface area contributed by atoms with Crippen molar-refractivity contribution < 1.29 is 9.59 Å². The lowest BCUT2D eigenvalue weighted by Crippen LogP contribution is -2.24. The van der Waals surface area contributed by atoms with Gasteiger partial charge in [0.25, 0.3) is 0 Å². The summed E-state index contributed by atoms with van der Waals surface area (Å²) in [6.07, 6.45) is 2.79. The topological polar surface area (TPSA) is 50.3 Å². The molecule has 1 heterocycles. The van der Waals surface area contributed by atoms with Crippen molar-refractivity contribution >= 4 is 11.6 Å². The van der Waals surface area contributed by atoms with Crippen molar-refractivity contribution in [2.75, 3.05) is 20.6 Å². The minimum Gasteiger partial charge on any atom is -0.309 e. The van der Waals surface area contributed by atoms with Crippen LogP contribution in [0.4, 0.5) is 0 Å². The summed E-state index contributed by atoms with van der Waals surface area (Å²) in [4.78, 5) is 30.8. The summed E-state index contributed by atoms with van der Waals surface area (Å²) in [6, 6.07) is 3.41. The third-order valence-electron chi connectivity index (χ3n) is 3.01. The Morgan fingerprint density at radius 2 is 1.90 bits per heavy atom. The van der Waals surface area contributed by atoms with Crippen LogP contribution in [0, 0.1) is 5.41 Å². The molecule has 20 heavy (non-hydrogen) atoms. The van der Waals surface area contributed by atoms with Gasteiger partial charge in [0.1, 0.15) is 5.69 Å². The van der Waals surface area contributed by atoms with Gasteiger partial charge in [-0.05, 0) is 39.2 Å². The molecule has 0 aliphatic carbocycles. The normalized spacial score (nSPS) is 11.7. The molecule has 1 aromatic rings. The van der Waals surface area contributed by atoms with Crippen molar-refractivity contribution in [3.8, 4) is 0 Å². The molecule has 0 aromatic carbocycles. The highest BCUT2D eigenvalue weighted by molar-refractivity contribution is 6.09. The SMILES string of the molecule is CN(C)CCCC(=O)c1cccnc1C(=O)C(C)(C)C. The molecule has 4 nitrogen and oxygen atoms in total. The van der Waals surface area contributed by atoms with Crippen LogP contribution in [0.25, 0.3) is 0 Å². The first-order valence-electron chi connectivity index (χ1n) is 6.91. The van der Waals surface area contributed by atoms with Crippen molar-refractivity contribution in [2.24, 2.45) is 5.41 Å². The Kier molecular flexibility index (Phi) is 5.57. The summed E-state index contributed by atoms with van der Waals surface area (Å²) in [6.45, 7) is 6.37. The van der Waals surface area contributed by atoms with Gasteiger partial charge in [-0.3, -0.25) is 14.6 Å². The number of hydrogen-bond acceptors (Lipinski definition) is 4. The smallest absolute Gasteiger partial charge is 0.187 e. The number of pyridine rings is 1. The van der Waals surface area contributed by atoms with Gasteiger partial charge in [0.05, 0.1) is 0 Å². The van der Waals surface area contributed by atoms with E-state index in [0.717, 1.165) is 13.0 Å². The lowest BCUT2D eigenvalue weighted by atomic mass is 9.86. The fourth-order valence-electron chi connectivity index (χ4n) is 1.86. The molecular formula is C16H24N2O2. The van der Waals surface area contributed by atoms with Gasteiger partial charge in [-0.2, -0.15) is 0 Å². The summed E-state index contributed by atoms with van der Waals surface area (Å²) in [5, 5.41) is 0. The van der Waals surface area contributed by atoms with Gasteiger partial charge in [-0.15, -0.1) is 0 Å². The number of aromatic nitrogens is 1. The van der Waals surface area contributed by atoms with Gasteiger partial charge in [-0.1, -0.05) is 20.8 Å². The molecule has 110 valence electrons. The fourth-order valence-corrected chi connectivity index (χ4v) is 1.86. The van der Waals surface area contributed by atoms with Gasteiger partial charge >= 0.3 is 0 Å². The molecule has 1 rings (SSSR count). The van der Waals surface area contributed by atoms with Gasteiger partial charge < -0.3 is 4.90 Å². The molecular weight excluding hydrogens is 252 g/mol. The highest BCUT2D eigenvalue weighted by atomic mass is 16.1. The summed E-state index contributed by atoms with van der Waals surface area (Å²) in [5.41, 5.74) is 0.216. The van der Waals surface area contributed by atoms with E-state index in [0.29, 0.717) is 17.7 Å². The second-order valence-electron chi connectivity index (χ2n) is 6.31. The van der Waals surface area contributed by atoms with Gasteiger partial charge in [-0.25, -0.2) is 0 Å². The maximum absolute atomic E-state index is 12.4. The van der Waals surface area contributed by atoms with Crippen molar-refractivity contribution in [3.05, 3.63) is 29.6 Å². The molecule has 0 aliphatic heterocycles. The zero-order chi connectivity index (χ0) is 15.3. The third kappa shape index (κ3) is 4.53. The molecule has 0 N–H and O–H groups in total. The largest absolute Gasteiger partial charge is 0.309 e. The van der Waals surface area contributed by atoms with Crippen molar-refractivity contribution in [1.82, 2.24) is 9.88 Å². The van der Waals surface area contributed by atoms with Crippen molar-refractivity contribution in [2.45, 2.75) is 33.6 Å². The first-order valence-corrected chi connectivity index (χ1v) is 6.91. The average molecular weight is 276 g/mol. The highest BCUT2D eigenvalue weighted by Crippen LogP contribution is 2.22. The molecule has 0 amide bonds. The quantitative estimate of drug-likeness (QED) is 0.750. The van der Waals surface area contributed by atoms with Crippen LogP contribution in [0.1, 0.15) is 54.5 Å². The average Bonchev–Trinajstić information content (AvgIpc) is 2.36. The molecule has 0 saturated carbocycles. The Morgan fingerprint density at radius 1 is 1.25 bits per heavy atom. The van der Waals surface area contributed by atoms with Crippen LogP contribution in [-0.2, 0) is 0 Å². The molecule has 0 saturated heterocycles. The second kappa shape index (κ2) is 6.75. The number of rotatable bonds is 6. The van der Waals surface area contributed by atoms with Crippen LogP contribution in [0.15, 0.2) is 18.3 Å². The van der Waals surface area contributed by atoms with Crippen molar-refractivity contribution in [3.63, 3.8) is 0 Å². The van der Waals surface area contributed by atoms with Crippen LogP contribution in [0.2, 0.25) is 0 Å². The number of carbonyl (C=O) groups is 2. The van der Waals surface area contributed by atoms with E-state index in [-0.39, 0.29) is 11.6 Å². The van der Waals surface area contributed by atoms with Crippen LogP contribution < -0.4 is 0 Å². The van der Waals surface area contributed by atoms with Crippen LogP contribution >= 0.6 is 0 Å². The lowest BCUT2D eigenvalue weighted by Gasteiger charge is -2.17. The minimum absolute atomic E-state index is 0.00690. The molecule has 1 aromatic heterocycles. The Labute approximate surface area is 121 Å². The van der Waals surface area contributed by atoms with Gasteiger partial charge in [0, 0.05) is 23.6 Å². The molecule has 0 radical (unpaired) electrons. The van der Waals surface area contributed by atoms with E-state index in [2.05, 4.69) is 4.98 Å². The zero-order valence-electron chi connectivity index (χ0n) is 13.1. The standard InChI is InChI=1S/C16H24N2O2/c1-16(2,3)15(20)14-12(8-6-10-17-14)13(19)9-7-11-18(4)5/h6,8,10H,7,9,11H2,1-5H3. The maximum Gasteiger partial charge on any atom is 0.187 e. The zero-order valence-corrected chi connectivity index (χ0v) is 13.1. The van der Waals surface area contributed by atoms with E-state index in [1.165, 1.54) is 0 Å². The number of carbonyl (C=O) groups excluding carboxylic acids is 2. The molecule has 0 fully saturated rings. The first kappa shape index (κ1) is 16.5. The Balaban J connectivity index is 2.90. The Hall–Kier alpha value is -1.55. The highest BCUT2D eigenvalue weighted by Gasteiger charge is 2.27. The van der Waals surface area contributed by atoms with E-state index >= 15 is 0 Å². The third-order valence-corrected chi connectivity index (χ3v) is 3.01. The monoisotopic (exact) mass is 276 g/mol. The predicted molar refractivity (Wildman–Crippen MR) is 80.1 cm³/mol. The molecule has 4 heteroatoms. The van der Waals surface area contributed by atoms with E-state index < -0.39 is 5.41 Å². The number of ketones is 2. The van der Waals surface area contributed by atoms with Crippen LogP contribution in [-0.4, -0.2) is 42.1 Å². The summed E-state index contributed by atoms with van der Waals surface area (Å²) < 4.78 is 0. The minimum atomic E-state index is -0.535. The van der Waals surface area contributed by atoms with Crippen LogP contribution in [0.5, 0.6) is 0 Å². The Morgan fingerprint density at radius 3 is 2.45 bits per heavy atom. The lowest BCUT2D eigenvalue weighted by molar-refractivity contribution is 0.0843. The predicted octanol–water partition coefficient (Wildman–Crippen LogP) is 2.83. The number of hydrogen-bond donors (Lipinski definition) is 0. The molecule has 0 atom stereocenters. The van der Waals surface area contributed by atoms with Gasteiger partial charge in [0.15, 0.2) is 11.6 Å². The second-order valence-corrected chi connectivity index (χ2v) is 6.31. The maximum atomic E-state index is 12.4. The van der Waals surface area contributed by atoms with Crippen LogP contribution in [0.3, 0.4) is 0 Å². The van der Waals surface area contributed by atoms with E-state index in [4.69, 9.17) is 0 Å². The molecule has 0 bridgehead atoms. The van der Waals surface area contributed by atoms with Crippen molar-refractivity contribution in [1.29, 1.82) is 0 Å². The van der Waals surface area contributed by atoms with E-state index in [1.54, 1.807) is 18.3 Å². The number of nitrogens with zero attached hydrogens (tertiary/aromatic N) is 2. The van der Waals surface area contributed by atoms with E-state index in [1.807, 2.05) is 39.8 Å². The van der Waals surface area contributed by atoms with Gasteiger partial charge in [0.2, 0.25) is 0 Å². The Bertz CT molecular complexity index is 487. The molecule has 0 aliphatic rings. The molecule has 0 unspecified atom stereocenters. The first-order chi connectivity index (χ1) is 9.23. The molecule has 0 spiro atoms. The summed E-state index contributed by atoms with van der Waals surface area (Å²) in [7, 11) is 3.95. The fraction of sp³-hybridized carbons (Fsp3) is 0.562. The van der Waals surface area contributed by atoms with E-state index in [9.17, 15) is 9.59 Å². The summed E-state index contributed by atoms with van der Waals surface area (Å²) >= 11 is 0. The summed E-state index contributed by atoms with van der Waals surface area (Å²) in [5.74, 6) is -0.0957. The number of Topliss-reactive ketones (excluding diaryl/α,β-unsaturated/α-hetero) is 2.